The van der Waals surface area contributed by atoms with Crippen LogP contribution in [0.4, 0.5) is 5.82 Å². The number of aryl methyl sites for hydroxylation is 2. The second kappa shape index (κ2) is 5.95. The Kier molecular flexibility index (Phi) is 4.26. The summed E-state index contributed by atoms with van der Waals surface area (Å²) in [5, 5.41) is 7.38. The van der Waals surface area contributed by atoms with Gasteiger partial charge in [0.1, 0.15) is 11.5 Å². The lowest BCUT2D eigenvalue weighted by atomic mass is 10.3. The predicted molar refractivity (Wildman–Crippen MR) is 80.6 cm³/mol. The van der Waals surface area contributed by atoms with Gasteiger partial charge in [-0.15, -0.1) is 0 Å². The maximum atomic E-state index is 12.2. The van der Waals surface area contributed by atoms with E-state index in [9.17, 15) is 4.79 Å². The second-order valence-corrected chi connectivity index (χ2v) is 5.22. The molecule has 6 heteroatoms. The van der Waals surface area contributed by atoms with Crippen molar-refractivity contribution in [3.63, 3.8) is 0 Å². The molecule has 0 saturated carbocycles. The van der Waals surface area contributed by atoms with Crippen molar-refractivity contribution < 1.29 is 9.53 Å². The van der Waals surface area contributed by atoms with E-state index < -0.39 is 5.97 Å². The number of esters is 1. The van der Waals surface area contributed by atoms with E-state index in [0.29, 0.717) is 17.3 Å². The van der Waals surface area contributed by atoms with E-state index in [1.165, 1.54) is 0 Å². The molecule has 0 amide bonds. The summed E-state index contributed by atoms with van der Waals surface area (Å²) in [7, 11) is 1.81. The third-order valence-electron chi connectivity index (χ3n) is 3.03. The molecule has 2 aromatic rings. The van der Waals surface area contributed by atoms with Crippen LogP contribution < -0.4 is 10.1 Å². The summed E-state index contributed by atoms with van der Waals surface area (Å²) < 4.78 is 7.11. The molecule has 0 aromatic carbocycles. The summed E-state index contributed by atoms with van der Waals surface area (Å²) in [4.78, 5) is 16.5. The minimum Gasteiger partial charge on any atom is -0.418 e. The summed E-state index contributed by atoms with van der Waals surface area (Å²) in [6, 6.07) is 5.47. The number of aromatic nitrogens is 3. The summed E-state index contributed by atoms with van der Waals surface area (Å²) in [6.07, 6.45) is 0. The molecule has 0 aliphatic rings. The number of pyridine rings is 1. The monoisotopic (exact) mass is 288 g/mol. The van der Waals surface area contributed by atoms with Gasteiger partial charge in [0.25, 0.3) is 0 Å². The van der Waals surface area contributed by atoms with Crippen LogP contribution in [0.3, 0.4) is 0 Å². The van der Waals surface area contributed by atoms with Crippen LogP contribution in [0.15, 0.2) is 18.2 Å². The largest absolute Gasteiger partial charge is 0.418 e. The number of rotatable bonds is 4. The first kappa shape index (κ1) is 15.0. The van der Waals surface area contributed by atoms with Crippen molar-refractivity contribution in [2.75, 3.05) is 5.32 Å². The molecule has 6 nitrogen and oxygen atoms in total. The zero-order valence-corrected chi connectivity index (χ0v) is 13.0. The molecule has 1 N–H and O–H groups in total. The highest BCUT2D eigenvalue weighted by atomic mass is 16.5. The average molecular weight is 288 g/mol. The van der Waals surface area contributed by atoms with Crippen molar-refractivity contribution >= 4 is 11.8 Å². The SMILES string of the molecule is Cc1nn(C)c(C)c1OC(=O)c1cccc(NC(C)C)n1. The molecule has 0 bridgehead atoms. The Hall–Kier alpha value is -2.37. The van der Waals surface area contributed by atoms with Crippen LogP contribution in [-0.2, 0) is 7.05 Å². The molecule has 0 fully saturated rings. The van der Waals surface area contributed by atoms with Crippen LogP contribution in [0, 0.1) is 13.8 Å². The maximum absolute atomic E-state index is 12.2. The summed E-state index contributed by atoms with van der Waals surface area (Å²) in [5.74, 6) is 0.659. The van der Waals surface area contributed by atoms with E-state index in [4.69, 9.17) is 4.74 Å². The Morgan fingerprint density at radius 1 is 1.33 bits per heavy atom. The Balaban J connectivity index is 2.20. The molecule has 112 valence electrons. The number of nitrogens with zero attached hydrogens (tertiary/aromatic N) is 3. The second-order valence-electron chi connectivity index (χ2n) is 5.22. The van der Waals surface area contributed by atoms with Crippen molar-refractivity contribution in [2.24, 2.45) is 7.05 Å². The lowest BCUT2D eigenvalue weighted by Crippen LogP contribution is -2.15. The van der Waals surface area contributed by atoms with Gasteiger partial charge >= 0.3 is 5.97 Å². The van der Waals surface area contributed by atoms with Crippen LogP contribution in [0.25, 0.3) is 0 Å². The molecule has 2 aromatic heterocycles. The van der Waals surface area contributed by atoms with Crippen molar-refractivity contribution in [1.29, 1.82) is 0 Å². The molecule has 0 spiro atoms. The Morgan fingerprint density at radius 3 is 2.62 bits per heavy atom. The summed E-state index contributed by atoms with van der Waals surface area (Å²) in [5.41, 5.74) is 1.75. The van der Waals surface area contributed by atoms with Crippen molar-refractivity contribution in [2.45, 2.75) is 33.7 Å². The quantitative estimate of drug-likeness (QED) is 0.875. The zero-order valence-electron chi connectivity index (χ0n) is 13.0. The highest BCUT2D eigenvalue weighted by Gasteiger charge is 2.17. The van der Waals surface area contributed by atoms with Crippen molar-refractivity contribution in [3.05, 3.63) is 35.3 Å². The number of ether oxygens (including phenoxy) is 1. The number of carbonyl (C=O) groups is 1. The number of hydrogen-bond donors (Lipinski definition) is 1. The van der Waals surface area contributed by atoms with Gasteiger partial charge in [-0.3, -0.25) is 4.68 Å². The van der Waals surface area contributed by atoms with Crippen molar-refractivity contribution in [3.8, 4) is 5.75 Å². The minimum atomic E-state index is -0.485. The van der Waals surface area contributed by atoms with Gasteiger partial charge in [-0.1, -0.05) is 6.07 Å². The van der Waals surface area contributed by atoms with Gasteiger partial charge < -0.3 is 10.1 Å². The standard InChI is InChI=1S/C15H20N4O2/c1-9(2)16-13-8-6-7-12(17-13)15(20)21-14-10(3)18-19(5)11(14)4/h6-9H,1-5H3,(H,16,17). The van der Waals surface area contributed by atoms with E-state index in [1.807, 2.05) is 33.9 Å². The van der Waals surface area contributed by atoms with Gasteiger partial charge in [-0.2, -0.15) is 5.10 Å². The minimum absolute atomic E-state index is 0.242. The third-order valence-corrected chi connectivity index (χ3v) is 3.03. The van der Waals surface area contributed by atoms with E-state index in [0.717, 1.165) is 5.69 Å². The van der Waals surface area contributed by atoms with Crippen molar-refractivity contribution in [1.82, 2.24) is 14.8 Å². The first-order valence-corrected chi connectivity index (χ1v) is 6.84. The van der Waals surface area contributed by atoms with Crippen LogP contribution in [0.2, 0.25) is 0 Å². The maximum Gasteiger partial charge on any atom is 0.362 e. The Labute approximate surface area is 124 Å². The van der Waals surface area contributed by atoms with E-state index >= 15 is 0 Å². The van der Waals surface area contributed by atoms with Gasteiger partial charge in [0.2, 0.25) is 0 Å². The molecule has 0 saturated heterocycles. The third kappa shape index (κ3) is 3.39. The molecule has 21 heavy (non-hydrogen) atoms. The molecular weight excluding hydrogens is 268 g/mol. The van der Waals surface area contributed by atoms with Gasteiger partial charge in [0.05, 0.1) is 5.69 Å². The van der Waals surface area contributed by atoms with E-state index in [2.05, 4.69) is 15.4 Å². The van der Waals surface area contributed by atoms with Crippen LogP contribution >= 0.6 is 0 Å². The molecule has 0 aliphatic carbocycles. The predicted octanol–water partition coefficient (Wildman–Crippen LogP) is 2.47. The van der Waals surface area contributed by atoms with Gasteiger partial charge in [-0.25, -0.2) is 9.78 Å². The molecule has 0 aliphatic heterocycles. The Morgan fingerprint density at radius 2 is 2.05 bits per heavy atom. The fourth-order valence-corrected chi connectivity index (χ4v) is 1.97. The molecule has 0 radical (unpaired) electrons. The normalized spacial score (nSPS) is 10.8. The van der Waals surface area contributed by atoms with Gasteiger partial charge in [0, 0.05) is 13.1 Å². The molecular formula is C15H20N4O2. The lowest BCUT2D eigenvalue weighted by Gasteiger charge is -2.10. The highest BCUT2D eigenvalue weighted by molar-refractivity contribution is 5.89. The van der Waals surface area contributed by atoms with Crippen LogP contribution in [0.5, 0.6) is 5.75 Å². The summed E-state index contributed by atoms with van der Waals surface area (Å²) >= 11 is 0. The topological polar surface area (TPSA) is 69.0 Å². The van der Waals surface area contributed by atoms with Gasteiger partial charge in [-0.05, 0) is 39.8 Å². The number of hydrogen-bond acceptors (Lipinski definition) is 5. The fraction of sp³-hybridized carbons (Fsp3) is 0.400. The van der Waals surface area contributed by atoms with E-state index in [-0.39, 0.29) is 11.7 Å². The molecule has 0 atom stereocenters. The average Bonchev–Trinajstić information content (AvgIpc) is 2.65. The first-order valence-electron chi connectivity index (χ1n) is 6.84. The number of nitrogens with one attached hydrogen (secondary N) is 1. The fourth-order valence-electron chi connectivity index (χ4n) is 1.97. The Bertz CT molecular complexity index is 662. The molecule has 0 unspecified atom stereocenters. The van der Waals surface area contributed by atoms with Gasteiger partial charge in [0.15, 0.2) is 11.4 Å². The van der Waals surface area contributed by atoms with E-state index in [1.54, 1.807) is 23.7 Å². The summed E-state index contributed by atoms with van der Waals surface area (Å²) in [6.45, 7) is 7.68. The van der Waals surface area contributed by atoms with Crippen LogP contribution in [0.1, 0.15) is 35.7 Å². The first-order chi connectivity index (χ1) is 9.88. The lowest BCUT2D eigenvalue weighted by molar-refractivity contribution is 0.0726. The smallest absolute Gasteiger partial charge is 0.362 e. The number of carbonyl (C=O) groups excluding carboxylic acids is 1. The zero-order chi connectivity index (χ0) is 15.6. The number of anilines is 1. The van der Waals surface area contributed by atoms with Crippen LogP contribution in [-0.4, -0.2) is 26.8 Å². The molecule has 2 heterocycles. The molecule has 2 rings (SSSR count). The highest BCUT2D eigenvalue weighted by Crippen LogP contribution is 2.22.